The maximum absolute atomic E-state index is 11.2. The molecule has 1 aliphatic carbocycles. The third kappa shape index (κ3) is 2.40. The van der Waals surface area contributed by atoms with Gasteiger partial charge in [-0.3, -0.25) is 0 Å². The van der Waals surface area contributed by atoms with E-state index in [-0.39, 0.29) is 11.7 Å². The summed E-state index contributed by atoms with van der Waals surface area (Å²) < 4.78 is 6.10. The molecule has 1 heterocycles. The van der Waals surface area contributed by atoms with Crippen molar-refractivity contribution < 1.29 is 14.3 Å². The van der Waals surface area contributed by atoms with Crippen molar-refractivity contribution in [2.24, 2.45) is 0 Å². The predicted molar refractivity (Wildman–Crippen MR) is 73.6 cm³/mol. The first-order chi connectivity index (χ1) is 9.06. The minimum Gasteiger partial charge on any atom is -0.475 e. The standard InChI is InChI=1S/C13H9BrClNO3/c14-8-5-7(3-4-9(8)15)12-16-10(6-1-2-6)11(19-12)13(17)18/h3-6H,1-2H2,(H,17,18). The number of carbonyl (C=O) groups is 1. The molecule has 4 nitrogen and oxygen atoms in total. The lowest BCUT2D eigenvalue weighted by atomic mass is 10.2. The van der Waals surface area contributed by atoms with E-state index in [1.54, 1.807) is 18.2 Å². The van der Waals surface area contributed by atoms with Crippen molar-refractivity contribution in [2.75, 3.05) is 0 Å². The van der Waals surface area contributed by atoms with Crippen molar-refractivity contribution in [3.05, 3.63) is 39.1 Å². The average molecular weight is 343 g/mol. The molecule has 6 heteroatoms. The van der Waals surface area contributed by atoms with Crippen LogP contribution in [0.25, 0.3) is 11.5 Å². The topological polar surface area (TPSA) is 63.3 Å². The van der Waals surface area contributed by atoms with Gasteiger partial charge >= 0.3 is 5.97 Å². The molecular formula is C13H9BrClNO3. The van der Waals surface area contributed by atoms with Gasteiger partial charge < -0.3 is 9.52 Å². The second-order valence-corrected chi connectivity index (χ2v) is 5.70. The highest BCUT2D eigenvalue weighted by Crippen LogP contribution is 2.42. The van der Waals surface area contributed by atoms with E-state index in [0.717, 1.165) is 17.3 Å². The summed E-state index contributed by atoms with van der Waals surface area (Å²) in [7, 11) is 0. The molecule has 0 atom stereocenters. The Hall–Kier alpha value is -1.33. The summed E-state index contributed by atoms with van der Waals surface area (Å²) >= 11 is 9.24. The zero-order valence-electron chi connectivity index (χ0n) is 9.69. The lowest BCUT2D eigenvalue weighted by molar-refractivity contribution is 0.0661. The lowest BCUT2D eigenvalue weighted by Crippen LogP contribution is -1.98. The van der Waals surface area contributed by atoms with Crippen LogP contribution in [0.2, 0.25) is 5.02 Å². The van der Waals surface area contributed by atoms with Gasteiger partial charge in [0.15, 0.2) is 0 Å². The molecule has 0 bridgehead atoms. The molecule has 0 saturated heterocycles. The number of aromatic nitrogens is 1. The summed E-state index contributed by atoms with van der Waals surface area (Å²) in [5, 5.41) is 9.72. The second kappa shape index (κ2) is 4.65. The molecule has 1 aliphatic rings. The first-order valence-electron chi connectivity index (χ1n) is 5.75. The Labute approximate surface area is 122 Å². The van der Waals surface area contributed by atoms with Crippen LogP contribution in [0.15, 0.2) is 27.1 Å². The Kier molecular flexibility index (Phi) is 3.11. The van der Waals surface area contributed by atoms with Crippen LogP contribution in [0.4, 0.5) is 0 Å². The van der Waals surface area contributed by atoms with E-state index in [4.69, 9.17) is 21.1 Å². The molecule has 3 rings (SSSR count). The Balaban J connectivity index is 2.07. The van der Waals surface area contributed by atoms with E-state index in [2.05, 4.69) is 20.9 Å². The number of rotatable bonds is 3. The molecule has 0 radical (unpaired) electrons. The Morgan fingerprint density at radius 3 is 2.79 bits per heavy atom. The molecule has 0 aliphatic heterocycles. The largest absolute Gasteiger partial charge is 0.475 e. The van der Waals surface area contributed by atoms with E-state index < -0.39 is 5.97 Å². The first kappa shape index (κ1) is 12.7. The van der Waals surface area contributed by atoms with Crippen LogP contribution in [0.1, 0.15) is 35.0 Å². The fourth-order valence-electron chi connectivity index (χ4n) is 1.87. The molecule has 1 aromatic carbocycles. The van der Waals surface area contributed by atoms with E-state index >= 15 is 0 Å². The number of carboxylic acid groups (broad SMARTS) is 1. The molecule has 0 spiro atoms. The number of nitrogens with zero attached hydrogens (tertiary/aromatic N) is 1. The van der Waals surface area contributed by atoms with Gasteiger partial charge in [0.2, 0.25) is 11.7 Å². The van der Waals surface area contributed by atoms with E-state index in [1.807, 2.05) is 0 Å². The van der Waals surface area contributed by atoms with Crippen LogP contribution < -0.4 is 0 Å². The first-order valence-corrected chi connectivity index (χ1v) is 6.93. The molecule has 98 valence electrons. The molecule has 0 unspecified atom stereocenters. The molecule has 2 aromatic rings. The average Bonchev–Trinajstić information content (AvgIpc) is 3.11. The number of benzene rings is 1. The van der Waals surface area contributed by atoms with Gasteiger partial charge in [-0.15, -0.1) is 0 Å². The van der Waals surface area contributed by atoms with Crippen LogP contribution in [0.5, 0.6) is 0 Å². The number of aromatic carboxylic acids is 1. The summed E-state index contributed by atoms with van der Waals surface area (Å²) in [4.78, 5) is 15.5. The van der Waals surface area contributed by atoms with Crippen LogP contribution in [-0.2, 0) is 0 Å². The van der Waals surface area contributed by atoms with Crippen LogP contribution in [0.3, 0.4) is 0 Å². The molecule has 1 saturated carbocycles. The highest BCUT2D eigenvalue weighted by Gasteiger charge is 2.33. The maximum Gasteiger partial charge on any atom is 0.373 e. The maximum atomic E-state index is 11.2. The SMILES string of the molecule is O=C(O)c1oc(-c2ccc(Cl)c(Br)c2)nc1C1CC1. The summed E-state index contributed by atoms with van der Waals surface area (Å²) in [5.41, 5.74) is 1.25. The lowest BCUT2D eigenvalue weighted by Gasteiger charge is -1.98. The van der Waals surface area contributed by atoms with Gasteiger partial charge in [0.1, 0.15) is 0 Å². The Morgan fingerprint density at radius 1 is 1.47 bits per heavy atom. The molecule has 1 aromatic heterocycles. The number of carboxylic acids is 1. The summed E-state index contributed by atoms with van der Waals surface area (Å²) in [5.74, 6) is -0.590. The third-order valence-corrected chi connectivity index (χ3v) is 4.19. The van der Waals surface area contributed by atoms with Gasteiger partial charge in [-0.2, -0.15) is 0 Å². The van der Waals surface area contributed by atoms with E-state index in [9.17, 15) is 4.79 Å². The third-order valence-electron chi connectivity index (χ3n) is 2.98. The van der Waals surface area contributed by atoms with Crippen LogP contribution in [0, 0.1) is 0 Å². The highest BCUT2D eigenvalue weighted by atomic mass is 79.9. The number of hydrogen-bond donors (Lipinski definition) is 1. The van der Waals surface area contributed by atoms with Crippen LogP contribution in [-0.4, -0.2) is 16.1 Å². The van der Waals surface area contributed by atoms with Gasteiger partial charge in [-0.05, 0) is 47.0 Å². The quantitative estimate of drug-likeness (QED) is 0.901. The zero-order valence-corrected chi connectivity index (χ0v) is 12.0. The predicted octanol–water partition coefficient (Wildman–Crippen LogP) is 4.33. The van der Waals surface area contributed by atoms with Gasteiger partial charge in [0.05, 0.1) is 10.7 Å². The Bertz CT molecular complexity index is 664. The molecule has 1 N–H and O–H groups in total. The number of halogens is 2. The number of oxazole rings is 1. The summed E-state index contributed by atoms with van der Waals surface area (Å²) in [6.07, 6.45) is 1.94. The van der Waals surface area contributed by atoms with E-state index in [1.165, 1.54) is 0 Å². The molecular weight excluding hydrogens is 334 g/mol. The van der Waals surface area contributed by atoms with Crippen molar-refractivity contribution in [2.45, 2.75) is 18.8 Å². The monoisotopic (exact) mass is 341 g/mol. The van der Waals surface area contributed by atoms with Crippen molar-refractivity contribution in [1.29, 1.82) is 0 Å². The molecule has 0 amide bonds. The molecule has 1 fully saturated rings. The fraction of sp³-hybridized carbons (Fsp3) is 0.231. The van der Waals surface area contributed by atoms with Gasteiger partial charge in [0.25, 0.3) is 0 Å². The minimum absolute atomic E-state index is 0.0522. The Morgan fingerprint density at radius 2 is 2.21 bits per heavy atom. The number of hydrogen-bond acceptors (Lipinski definition) is 3. The highest BCUT2D eigenvalue weighted by molar-refractivity contribution is 9.10. The van der Waals surface area contributed by atoms with Crippen molar-refractivity contribution in [3.8, 4) is 11.5 Å². The zero-order chi connectivity index (χ0) is 13.6. The van der Waals surface area contributed by atoms with Crippen molar-refractivity contribution >= 4 is 33.5 Å². The summed E-state index contributed by atoms with van der Waals surface area (Å²) in [6, 6.07) is 5.22. The second-order valence-electron chi connectivity index (χ2n) is 4.44. The van der Waals surface area contributed by atoms with E-state index in [0.29, 0.717) is 22.2 Å². The van der Waals surface area contributed by atoms with Gasteiger partial charge in [-0.25, -0.2) is 9.78 Å². The van der Waals surface area contributed by atoms with Gasteiger partial charge in [0, 0.05) is 16.0 Å². The van der Waals surface area contributed by atoms with Crippen LogP contribution >= 0.6 is 27.5 Å². The molecule has 19 heavy (non-hydrogen) atoms. The minimum atomic E-state index is -1.08. The normalized spacial score (nSPS) is 14.6. The fourth-order valence-corrected chi connectivity index (χ4v) is 2.37. The summed E-state index contributed by atoms with van der Waals surface area (Å²) in [6.45, 7) is 0. The van der Waals surface area contributed by atoms with Gasteiger partial charge in [-0.1, -0.05) is 11.6 Å². The smallest absolute Gasteiger partial charge is 0.373 e. The van der Waals surface area contributed by atoms with Crippen molar-refractivity contribution in [1.82, 2.24) is 4.98 Å². The van der Waals surface area contributed by atoms with Crippen molar-refractivity contribution in [3.63, 3.8) is 0 Å².